The van der Waals surface area contributed by atoms with Crippen LogP contribution in [-0.2, 0) is 9.05 Å². The first-order valence-electron chi connectivity index (χ1n) is 3.77. The van der Waals surface area contributed by atoms with Crippen molar-refractivity contribution < 1.29 is 8.42 Å². The van der Waals surface area contributed by atoms with Crippen molar-refractivity contribution in [2.24, 2.45) is 0 Å². The molecule has 0 fully saturated rings. The molecule has 0 atom stereocenters. The highest BCUT2D eigenvalue weighted by Gasteiger charge is 2.14. The summed E-state index contributed by atoms with van der Waals surface area (Å²) in [5.41, 5.74) is 0. The number of thiophene rings is 2. The molecule has 0 amide bonds. The summed E-state index contributed by atoms with van der Waals surface area (Å²) in [7, 11) is 1.60. The molecule has 15 heavy (non-hydrogen) atoms. The summed E-state index contributed by atoms with van der Waals surface area (Å²) in [6.07, 6.45) is 0. The molecule has 0 aliphatic heterocycles. The van der Waals surface area contributed by atoms with Gasteiger partial charge in [0.25, 0.3) is 9.05 Å². The van der Waals surface area contributed by atoms with Crippen LogP contribution in [0.3, 0.4) is 0 Å². The van der Waals surface area contributed by atoms with Gasteiger partial charge in [-0.3, -0.25) is 0 Å². The quantitative estimate of drug-likeness (QED) is 0.784. The van der Waals surface area contributed by atoms with Crippen LogP contribution in [0.1, 0.15) is 0 Å². The molecule has 2 aromatic rings. The van der Waals surface area contributed by atoms with Gasteiger partial charge in [0.05, 0.1) is 4.34 Å². The fraction of sp³-hybridized carbons (Fsp3) is 0. The molecule has 0 aliphatic rings. The molecule has 2 heterocycles. The van der Waals surface area contributed by atoms with E-state index in [1.54, 1.807) is 12.1 Å². The zero-order valence-corrected chi connectivity index (χ0v) is 11.1. The molecule has 2 aromatic heterocycles. The lowest BCUT2D eigenvalue weighted by Crippen LogP contribution is -1.82. The van der Waals surface area contributed by atoms with E-state index in [4.69, 9.17) is 22.3 Å². The average molecular weight is 299 g/mol. The monoisotopic (exact) mass is 298 g/mol. The molecule has 0 bridgehead atoms. The van der Waals surface area contributed by atoms with Gasteiger partial charge in [-0.2, -0.15) is 0 Å². The Kier molecular flexibility index (Phi) is 3.10. The van der Waals surface area contributed by atoms with Crippen molar-refractivity contribution in [3.05, 3.63) is 28.6 Å². The third-order valence-corrected chi connectivity index (χ3v) is 6.24. The van der Waals surface area contributed by atoms with Gasteiger partial charge in [-0.25, -0.2) is 8.42 Å². The molecule has 0 saturated heterocycles. The van der Waals surface area contributed by atoms with E-state index in [1.165, 1.54) is 17.4 Å². The van der Waals surface area contributed by atoms with Gasteiger partial charge >= 0.3 is 0 Å². The van der Waals surface area contributed by atoms with Gasteiger partial charge in [0.15, 0.2) is 0 Å². The molecule has 0 N–H and O–H groups in total. The molecule has 0 aliphatic carbocycles. The lowest BCUT2D eigenvalue weighted by Gasteiger charge is -1.88. The minimum atomic E-state index is -3.62. The predicted octanol–water partition coefficient (Wildman–Crippen LogP) is 4.06. The minimum absolute atomic E-state index is 0.156. The largest absolute Gasteiger partial charge is 0.270 e. The van der Waals surface area contributed by atoms with Gasteiger partial charge in [-0.05, 0) is 24.3 Å². The molecule has 0 aromatic carbocycles. The summed E-state index contributed by atoms with van der Waals surface area (Å²) in [5, 5.41) is 0. The Morgan fingerprint density at radius 2 is 1.60 bits per heavy atom. The van der Waals surface area contributed by atoms with Crippen molar-refractivity contribution in [2.75, 3.05) is 0 Å². The summed E-state index contributed by atoms with van der Waals surface area (Å²) in [6.45, 7) is 0. The number of hydrogen-bond donors (Lipinski definition) is 0. The van der Waals surface area contributed by atoms with Crippen LogP contribution in [0.2, 0.25) is 4.34 Å². The van der Waals surface area contributed by atoms with Crippen LogP contribution in [0.5, 0.6) is 0 Å². The first kappa shape index (κ1) is 11.4. The molecule has 7 heteroatoms. The van der Waals surface area contributed by atoms with E-state index in [0.717, 1.165) is 21.1 Å². The normalized spacial score (nSPS) is 11.9. The maximum atomic E-state index is 11.0. The highest BCUT2D eigenvalue weighted by Crippen LogP contribution is 2.37. The molecular weight excluding hydrogens is 295 g/mol. The number of halogens is 2. The third-order valence-electron chi connectivity index (χ3n) is 1.64. The van der Waals surface area contributed by atoms with Crippen LogP contribution >= 0.6 is 45.0 Å². The van der Waals surface area contributed by atoms with Crippen molar-refractivity contribution >= 4 is 54.0 Å². The Balaban J connectivity index is 2.44. The predicted molar refractivity (Wildman–Crippen MR) is 65.7 cm³/mol. The maximum absolute atomic E-state index is 11.0. The molecule has 0 radical (unpaired) electrons. The van der Waals surface area contributed by atoms with Crippen LogP contribution in [-0.4, -0.2) is 8.42 Å². The summed E-state index contributed by atoms with van der Waals surface area (Å²) in [5.74, 6) is 0. The summed E-state index contributed by atoms with van der Waals surface area (Å²) in [4.78, 5) is 1.79. The summed E-state index contributed by atoms with van der Waals surface area (Å²) < 4.78 is 22.9. The van der Waals surface area contributed by atoms with E-state index >= 15 is 0 Å². The minimum Gasteiger partial charge on any atom is -0.206 e. The zero-order chi connectivity index (χ0) is 11.1. The Labute approximate surface area is 105 Å². The first-order chi connectivity index (χ1) is 6.97. The zero-order valence-electron chi connectivity index (χ0n) is 7.11. The van der Waals surface area contributed by atoms with Crippen LogP contribution in [0.25, 0.3) is 9.75 Å². The molecule has 0 spiro atoms. The van der Waals surface area contributed by atoms with Crippen LogP contribution in [0, 0.1) is 0 Å². The number of rotatable bonds is 2. The van der Waals surface area contributed by atoms with E-state index in [0.29, 0.717) is 4.34 Å². The molecular formula is C8H4Cl2O2S3. The molecule has 80 valence electrons. The van der Waals surface area contributed by atoms with Crippen LogP contribution < -0.4 is 0 Å². The summed E-state index contributed by atoms with van der Waals surface area (Å²) in [6, 6.07) is 6.84. The van der Waals surface area contributed by atoms with Crippen LogP contribution in [0.15, 0.2) is 28.5 Å². The number of hydrogen-bond acceptors (Lipinski definition) is 4. The van der Waals surface area contributed by atoms with Gasteiger partial charge in [0.2, 0.25) is 0 Å². The van der Waals surface area contributed by atoms with Crippen LogP contribution in [0.4, 0.5) is 0 Å². The Hall–Kier alpha value is -0.0700. The van der Waals surface area contributed by atoms with E-state index in [2.05, 4.69) is 0 Å². The van der Waals surface area contributed by atoms with E-state index < -0.39 is 9.05 Å². The molecule has 2 nitrogen and oxygen atoms in total. The lowest BCUT2D eigenvalue weighted by molar-refractivity contribution is 0.611. The van der Waals surface area contributed by atoms with E-state index in [9.17, 15) is 8.42 Å². The fourth-order valence-corrected chi connectivity index (χ4v) is 4.24. The first-order valence-corrected chi connectivity index (χ1v) is 8.09. The van der Waals surface area contributed by atoms with E-state index in [-0.39, 0.29) is 4.21 Å². The summed E-state index contributed by atoms with van der Waals surface area (Å²) >= 11 is 8.33. The standard InChI is InChI=1S/C8H4Cl2O2S3/c9-7-3-1-5(13-7)6-2-4-8(14-6)15(10,11)12/h1-4H. The highest BCUT2D eigenvalue weighted by molar-refractivity contribution is 8.15. The fourth-order valence-electron chi connectivity index (χ4n) is 1.03. The Morgan fingerprint density at radius 1 is 1.00 bits per heavy atom. The molecule has 2 rings (SSSR count). The van der Waals surface area contributed by atoms with Gasteiger partial charge in [-0.1, -0.05) is 11.6 Å². The van der Waals surface area contributed by atoms with Gasteiger partial charge in [-0.15, -0.1) is 22.7 Å². The average Bonchev–Trinajstić information content (AvgIpc) is 2.69. The molecule has 0 saturated carbocycles. The van der Waals surface area contributed by atoms with Crippen molar-refractivity contribution in [1.82, 2.24) is 0 Å². The van der Waals surface area contributed by atoms with Crippen molar-refractivity contribution in [3.63, 3.8) is 0 Å². The lowest BCUT2D eigenvalue weighted by atomic mass is 10.4. The van der Waals surface area contributed by atoms with Crippen molar-refractivity contribution in [3.8, 4) is 9.75 Å². The van der Waals surface area contributed by atoms with E-state index in [1.807, 2.05) is 6.07 Å². The smallest absolute Gasteiger partial charge is 0.206 e. The third kappa shape index (κ3) is 2.54. The second-order valence-electron chi connectivity index (χ2n) is 2.66. The highest BCUT2D eigenvalue weighted by atomic mass is 35.7. The van der Waals surface area contributed by atoms with Gasteiger partial charge in [0, 0.05) is 20.4 Å². The Morgan fingerprint density at radius 3 is 2.07 bits per heavy atom. The maximum Gasteiger partial charge on any atom is 0.270 e. The van der Waals surface area contributed by atoms with Crippen molar-refractivity contribution in [2.45, 2.75) is 4.21 Å². The second-order valence-corrected chi connectivity index (χ2v) is 8.25. The Bertz CT molecular complexity index is 583. The second kappa shape index (κ2) is 4.07. The van der Waals surface area contributed by atoms with Gasteiger partial charge in [0.1, 0.15) is 4.21 Å². The topological polar surface area (TPSA) is 34.1 Å². The van der Waals surface area contributed by atoms with Crippen molar-refractivity contribution in [1.29, 1.82) is 0 Å². The molecule has 0 unspecified atom stereocenters. The van der Waals surface area contributed by atoms with Gasteiger partial charge < -0.3 is 0 Å². The SMILES string of the molecule is O=S(=O)(Cl)c1ccc(-c2ccc(Cl)s2)s1.